The molecule has 0 saturated carbocycles. The Hall–Kier alpha value is -3.15. The van der Waals surface area contributed by atoms with Crippen molar-refractivity contribution in [2.24, 2.45) is 0 Å². The molecule has 0 saturated heterocycles. The average molecular weight is 1090 g/mol. The Bertz CT molecular complexity index is 1440. The molecule has 0 amide bonds. The van der Waals surface area contributed by atoms with Crippen LogP contribution in [-0.2, 0) is 28.6 Å². The lowest BCUT2D eigenvalue weighted by atomic mass is 10.0. The van der Waals surface area contributed by atoms with E-state index in [1.54, 1.807) is 0 Å². The van der Waals surface area contributed by atoms with Gasteiger partial charge in [-0.1, -0.05) is 286 Å². The summed E-state index contributed by atoms with van der Waals surface area (Å²) in [6.45, 7) is 6.62. The normalized spacial score (nSPS) is 12.5. The van der Waals surface area contributed by atoms with Crippen molar-refractivity contribution in [2.75, 3.05) is 13.2 Å². The van der Waals surface area contributed by atoms with Gasteiger partial charge in [0, 0.05) is 19.3 Å². The molecule has 6 nitrogen and oxygen atoms in total. The fraction of sp³-hybridized carbons (Fsp3) is 0.792. The molecule has 1 unspecified atom stereocenters. The van der Waals surface area contributed by atoms with Crippen molar-refractivity contribution >= 4 is 17.9 Å². The van der Waals surface area contributed by atoms with Gasteiger partial charge in [-0.3, -0.25) is 14.4 Å². The van der Waals surface area contributed by atoms with Crippen molar-refractivity contribution in [1.82, 2.24) is 0 Å². The number of unbranched alkanes of at least 4 members (excludes halogenated alkanes) is 39. The van der Waals surface area contributed by atoms with Crippen molar-refractivity contribution in [3.63, 3.8) is 0 Å². The maximum absolute atomic E-state index is 12.9. The van der Waals surface area contributed by atoms with Crippen molar-refractivity contribution in [3.05, 3.63) is 72.9 Å². The van der Waals surface area contributed by atoms with E-state index in [1.807, 2.05) is 0 Å². The van der Waals surface area contributed by atoms with Gasteiger partial charge in [0.25, 0.3) is 0 Å². The minimum atomic E-state index is -0.784. The lowest BCUT2D eigenvalue weighted by molar-refractivity contribution is -0.167. The summed E-state index contributed by atoms with van der Waals surface area (Å²) in [5, 5.41) is 0. The molecule has 0 aromatic rings. The van der Waals surface area contributed by atoms with Crippen LogP contribution in [0.2, 0.25) is 0 Å². The van der Waals surface area contributed by atoms with Crippen LogP contribution in [0.4, 0.5) is 0 Å². The van der Waals surface area contributed by atoms with E-state index < -0.39 is 6.10 Å². The van der Waals surface area contributed by atoms with Gasteiger partial charge >= 0.3 is 17.9 Å². The third-order valence-electron chi connectivity index (χ3n) is 14.9. The van der Waals surface area contributed by atoms with E-state index in [0.717, 1.165) is 89.9 Å². The Balaban J connectivity index is 4.28. The minimum absolute atomic E-state index is 0.0796. The monoisotopic (exact) mass is 1090 g/mol. The van der Waals surface area contributed by atoms with Crippen LogP contribution in [0.15, 0.2) is 72.9 Å². The van der Waals surface area contributed by atoms with Crippen molar-refractivity contribution in [1.29, 1.82) is 0 Å². The van der Waals surface area contributed by atoms with E-state index in [2.05, 4.69) is 93.7 Å². The Kier molecular flexibility index (Phi) is 63.7. The van der Waals surface area contributed by atoms with Crippen LogP contribution < -0.4 is 0 Å². The van der Waals surface area contributed by atoms with E-state index >= 15 is 0 Å². The fourth-order valence-electron chi connectivity index (χ4n) is 9.77. The topological polar surface area (TPSA) is 78.9 Å². The smallest absolute Gasteiger partial charge is 0.306 e. The third kappa shape index (κ3) is 63.7. The van der Waals surface area contributed by atoms with E-state index in [0.29, 0.717) is 19.3 Å². The van der Waals surface area contributed by atoms with E-state index in [-0.39, 0.29) is 31.1 Å². The van der Waals surface area contributed by atoms with Crippen LogP contribution in [0.1, 0.15) is 348 Å². The number of carbonyl (C=O) groups is 3. The van der Waals surface area contributed by atoms with Crippen LogP contribution in [0, 0.1) is 0 Å². The van der Waals surface area contributed by atoms with Gasteiger partial charge < -0.3 is 14.2 Å². The summed E-state index contributed by atoms with van der Waals surface area (Å²) in [5.41, 5.74) is 0. The molecule has 0 fully saturated rings. The number of hydrogen-bond donors (Lipinski definition) is 0. The Morgan fingerprint density at radius 3 is 0.756 bits per heavy atom. The molecule has 0 bridgehead atoms. The number of carbonyl (C=O) groups excluding carboxylic acids is 3. The highest BCUT2D eigenvalue weighted by atomic mass is 16.6. The zero-order chi connectivity index (χ0) is 56.4. The molecule has 0 spiro atoms. The highest BCUT2D eigenvalue weighted by Crippen LogP contribution is 2.17. The lowest BCUT2D eigenvalue weighted by Gasteiger charge is -2.18. The summed E-state index contributed by atoms with van der Waals surface area (Å²) in [4.78, 5) is 38.3. The van der Waals surface area contributed by atoms with E-state index in [9.17, 15) is 14.4 Å². The molecular formula is C72H128O6. The van der Waals surface area contributed by atoms with Gasteiger partial charge in [0.2, 0.25) is 0 Å². The number of ether oxygens (including phenoxy) is 3. The van der Waals surface area contributed by atoms with Gasteiger partial charge in [-0.2, -0.15) is 0 Å². The first-order valence-electron chi connectivity index (χ1n) is 33.9. The third-order valence-corrected chi connectivity index (χ3v) is 14.9. The van der Waals surface area contributed by atoms with E-state index in [4.69, 9.17) is 14.2 Å². The molecule has 0 heterocycles. The molecule has 0 aromatic heterocycles. The molecular weight excluding hydrogens is 961 g/mol. The first kappa shape index (κ1) is 74.8. The quantitative estimate of drug-likeness (QED) is 0.0261. The number of hydrogen-bond acceptors (Lipinski definition) is 6. The van der Waals surface area contributed by atoms with Gasteiger partial charge in [-0.15, -0.1) is 0 Å². The number of allylic oxidation sites excluding steroid dienone is 12. The van der Waals surface area contributed by atoms with Gasteiger partial charge in [-0.05, 0) is 116 Å². The Labute approximate surface area is 484 Å². The summed E-state index contributed by atoms with van der Waals surface area (Å²) in [6.07, 6.45) is 86.3. The number of rotatable bonds is 62. The second-order valence-corrected chi connectivity index (χ2v) is 22.7. The van der Waals surface area contributed by atoms with Crippen LogP contribution in [0.3, 0.4) is 0 Å². The maximum atomic E-state index is 12.9. The zero-order valence-electron chi connectivity index (χ0n) is 51.9. The zero-order valence-corrected chi connectivity index (χ0v) is 51.9. The largest absolute Gasteiger partial charge is 0.462 e. The van der Waals surface area contributed by atoms with Gasteiger partial charge in [0.15, 0.2) is 6.10 Å². The SMILES string of the molecule is CCCCC/C=C\CCCCCCCC(=O)OCC(COC(=O)CCCCCCCCCCCCCCC/C=C\C/C=C\CCCCCCC)OC(=O)CCCCCCCCCC/C=C\C/C=C\C/C=C\CCCCCCC. The minimum Gasteiger partial charge on any atom is -0.462 e. The molecule has 0 radical (unpaired) electrons. The van der Waals surface area contributed by atoms with Crippen LogP contribution in [-0.4, -0.2) is 37.2 Å². The standard InChI is InChI=1S/C72H128O6/c1-4-7-10-13-16-19-22-25-27-29-31-33-35-36-38-39-41-43-45-47-50-53-56-59-62-65-71(74)77-68-69(67-76-70(73)64-61-58-55-52-49-24-21-18-15-12-9-6-3)78-72(75)66-63-60-57-54-51-48-46-44-42-40-37-34-32-30-28-26-23-20-17-14-11-8-5-2/h18,21-23,25-26,29-32,37,40,69H,4-17,19-20,24,27-28,33-36,38-39,41-68H2,1-3H3/b21-18-,25-22-,26-23-,31-29-,32-30-,40-37-. The predicted octanol–water partition coefficient (Wildman–Crippen LogP) is 23.3. The average Bonchev–Trinajstić information content (AvgIpc) is 3.44. The first-order valence-corrected chi connectivity index (χ1v) is 33.9. The molecule has 0 aliphatic heterocycles. The summed E-state index contributed by atoms with van der Waals surface area (Å²) < 4.78 is 16.9. The second-order valence-electron chi connectivity index (χ2n) is 22.7. The van der Waals surface area contributed by atoms with Gasteiger partial charge in [-0.25, -0.2) is 0 Å². The second kappa shape index (κ2) is 66.4. The Morgan fingerprint density at radius 2 is 0.462 bits per heavy atom. The molecule has 452 valence electrons. The van der Waals surface area contributed by atoms with E-state index in [1.165, 1.54) is 218 Å². The lowest BCUT2D eigenvalue weighted by Crippen LogP contribution is -2.30. The van der Waals surface area contributed by atoms with Crippen molar-refractivity contribution in [3.8, 4) is 0 Å². The van der Waals surface area contributed by atoms with Crippen molar-refractivity contribution in [2.45, 2.75) is 354 Å². The first-order chi connectivity index (χ1) is 38.5. The van der Waals surface area contributed by atoms with Crippen LogP contribution in [0.25, 0.3) is 0 Å². The number of esters is 3. The molecule has 0 rings (SSSR count). The predicted molar refractivity (Wildman–Crippen MR) is 339 cm³/mol. The molecule has 1 atom stereocenters. The Morgan fingerprint density at radius 1 is 0.256 bits per heavy atom. The molecule has 0 aliphatic carbocycles. The molecule has 78 heavy (non-hydrogen) atoms. The summed E-state index contributed by atoms with van der Waals surface area (Å²) >= 11 is 0. The summed E-state index contributed by atoms with van der Waals surface area (Å²) in [7, 11) is 0. The summed E-state index contributed by atoms with van der Waals surface area (Å²) in [6, 6.07) is 0. The van der Waals surface area contributed by atoms with Crippen molar-refractivity contribution < 1.29 is 28.6 Å². The highest BCUT2D eigenvalue weighted by molar-refractivity contribution is 5.71. The van der Waals surface area contributed by atoms with Gasteiger partial charge in [0.1, 0.15) is 13.2 Å². The van der Waals surface area contributed by atoms with Crippen LogP contribution in [0.5, 0.6) is 0 Å². The highest BCUT2D eigenvalue weighted by Gasteiger charge is 2.19. The molecule has 0 aromatic carbocycles. The maximum Gasteiger partial charge on any atom is 0.306 e. The molecule has 0 aliphatic rings. The summed E-state index contributed by atoms with van der Waals surface area (Å²) in [5.74, 6) is -0.881. The van der Waals surface area contributed by atoms with Crippen LogP contribution >= 0.6 is 0 Å². The fourth-order valence-corrected chi connectivity index (χ4v) is 9.77. The molecule has 6 heteroatoms. The molecule has 0 N–H and O–H groups in total. The van der Waals surface area contributed by atoms with Gasteiger partial charge in [0.05, 0.1) is 0 Å².